The number of fused-ring (bicyclic) bond motifs is 7. The molecule has 0 saturated carbocycles. The average molecular weight is 778 g/mol. The zero-order valence-corrected chi connectivity index (χ0v) is 33.4. The van der Waals surface area contributed by atoms with Crippen LogP contribution in [-0.2, 0) is 5.41 Å². The van der Waals surface area contributed by atoms with Crippen LogP contribution in [0.1, 0.15) is 22.3 Å². The molecule has 1 aliphatic carbocycles. The Labute approximate surface area is 355 Å². The summed E-state index contributed by atoms with van der Waals surface area (Å²) >= 11 is 0. The molecule has 61 heavy (non-hydrogen) atoms. The molecule has 12 rings (SSSR count). The summed E-state index contributed by atoms with van der Waals surface area (Å²) in [4.78, 5) is 2.43. The van der Waals surface area contributed by atoms with Gasteiger partial charge < -0.3 is 9.32 Å². The van der Waals surface area contributed by atoms with E-state index in [0.29, 0.717) is 0 Å². The lowest BCUT2D eigenvalue weighted by molar-refractivity contribution is 0.670. The third-order valence-electron chi connectivity index (χ3n) is 12.7. The Morgan fingerprint density at radius 1 is 0.344 bits per heavy atom. The Kier molecular flexibility index (Phi) is 8.11. The predicted molar refractivity (Wildman–Crippen MR) is 254 cm³/mol. The third-order valence-corrected chi connectivity index (χ3v) is 12.7. The Morgan fingerprint density at radius 3 is 1.66 bits per heavy atom. The smallest absolute Gasteiger partial charge is 0.159 e. The molecule has 11 aromatic rings. The van der Waals surface area contributed by atoms with Gasteiger partial charge in [0, 0.05) is 27.6 Å². The molecule has 0 saturated heterocycles. The highest BCUT2D eigenvalue weighted by Gasteiger charge is 2.47. The van der Waals surface area contributed by atoms with E-state index in [1.165, 1.54) is 55.3 Å². The molecule has 2 nitrogen and oxygen atoms in total. The van der Waals surface area contributed by atoms with Crippen LogP contribution in [0.25, 0.3) is 66.1 Å². The molecule has 0 spiro atoms. The maximum absolute atomic E-state index is 7.15. The van der Waals surface area contributed by atoms with E-state index < -0.39 is 5.41 Å². The fraction of sp³-hybridized carbons (Fsp3) is 0.0169. The second-order valence-corrected chi connectivity index (χ2v) is 16.0. The normalized spacial score (nSPS) is 12.7. The number of rotatable bonds is 7. The van der Waals surface area contributed by atoms with E-state index in [9.17, 15) is 0 Å². The Bertz CT molecular complexity index is 3360. The number of hydrogen-bond acceptors (Lipinski definition) is 2. The molecule has 0 fully saturated rings. The monoisotopic (exact) mass is 777 g/mol. The van der Waals surface area contributed by atoms with E-state index in [0.717, 1.165) is 50.1 Å². The second kappa shape index (κ2) is 14.1. The topological polar surface area (TPSA) is 16.4 Å². The zero-order valence-electron chi connectivity index (χ0n) is 33.4. The Morgan fingerprint density at radius 2 is 0.902 bits per heavy atom. The van der Waals surface area contributed by atoms with Crippen LogP contribution < -0.4 is 4.90 Å². The number of hydrogen-bond donors (Lipinski definition) is 0. The van der Waals surface area contributed by atoms with Gasteiger partial charge in [0.2, 0.25) is 0 Å². The van der Waals surface area contributed by atoms with Crippen molar-refractivity contribution in [3.63, 3.8) is 0 Å². The quantitative estimate of drug-likeness (QED) is 0.160. The van der Waals surface area contributed by atoms with Crippen molar-refractivity contribution in [2.45, 2.75) is 5.41 Å². The molecule has 0 radical (unpaired) electrons. The summed E-state index contributed by atoms with van der Waals surface area (Å²) in [5.41, 5.74) is 16.3. The molecular formula is C59H39NO. The van der Waals surface area contributed by atoms with Crippen LogP contribution in [0, 0.1) is 0 Å². The molecule has 1 aromatic heterocycles. The summed E-state index contributed by atoms with van der Waals surface area (Å²) in [6.07, 6.45) is 0. The lowest BCUT2D eigenvalue weighted by Crippen LogP contribution is -2.28. The average Bonchev–Trinajstić information content (AvgIpc) is 3.88. The molecule has 0 aliphatic heterocycles. The Hall–Kier alpha value is -7.94. The highest BCUT2D eigenvalue weighted by atomic mass is 16.3. The summed E-state index contributed by atoms with van der Waals surface area (Å²) < 4.78 is 7.15. The van der Waals surface area contributed by atoms with Crippen molar-refractivity contribution in [2.75, 3.05) is 4.90 Å². The van der Waals surface area contributed by atoms with Crippen LogP contribution in [0.15, 0.2) is 241 Å². The van der Waals surface area contributed by atoms with Gasteiger partial charge in [-0.1, -0.05) is 206 Å². The molecule has 0 unspecified atom stereocenters. The molecule has 286 valence electrons. The van der Waals surface area contributed by atoms with Crippen molar-refractivity contribution in [1.29, 1.82) is 0 Å². The van der Waals surface area contributed by atoms with Gasteiger partial charge in [-0.15, -0.1) is 0 Å². The van der Waals surface area contributed by atoms with Crippen molar-refractivity contribution < 1.29 is 4.42 Å². The van der Waals surface area contributed by atoms with Crippen molar-refractivity contribution in [3.05, 3.63) is 259 Å². The minimum absolute atomic E-state index is 0.536. The van der Waals surface area contributed by atoms with Crippen molar-refractivity contribution >= 4 is 49.8 Å². The molecule has 0 N–H and O–H groups in total. The minimum Gasteiger partial charge on any atom is -0.453 e. The molecule has 10 aromatic carbocycles. The van der Waals surface area contributed by atoms with Crippen LogP contribution in [0.3, 0.4) is 0 Å². The van der Waals surface area contributed by atoms with Crippen LogP contribution in [0.2, 0.25) is 0 Å². The summed E-state index contributed by atoms with van der Waals surface area (Å²) in [5, 5.41) is 4.65. The van der Waals surface area contributed by atoms with E-state index in [4.69, 9.17) is 4.42 Å². The molecule has 0 amide bonds. The van der Waals surface area contributed by atoms with E-state index in [-0.39, 0.29) is 0 Å². The summed E-state index contributed by atoms with van der Waals surface area (Å²) in [7, 11) is 0. The number of benzene rings is 10. The first-order valence-electron chi connectivity index (χ1n) is 21.0. The fourth-order valence-corrected chi connectivity index (χ4v) is 10.1. The molecule has 0 bridgehead atoms. The lowest BCUT2D eigenvalue weighted by atomic mass is 9.68. The fourth-order valence-electron chi connectivity index (χ4n) is 10.1. The van der Waals surface area contributed by atoms with E-state index >= 15 is 0 Å². The SMILES string of the molecule is c1ccc(-c2cccc3c2oc2c(N(c4ccc(-c5ccc6ccccc6c5)cc4)c4cccc5c4-c4ccccc4C5(c4ccccc4)c4ccccc4)cccc23)cc1. The number of anilines is 3. The number of nitrogens with zero attached hydrogens (tertiary/aromatic N) is 1. The van der Waals surface area contributed by atoms with Gasteiger partial charge in [0.15, 0.2) is 5.58 Å². The Balaban J connectivity index is 1.13. The summed E-state index contributed by atoms with van der Waals surface area (Å²) in [5.74, 6) is 0. The minimum atomic E-state index is -0.536. The van der Waals surface area contributed by atoms with E-state index in [1.807, 2.05) is 0 Å². The highest BCUT2D eigenvalue weighted by molar-refractivity contribution is 6.14. The first kappa shape index (κ1) is 35.0. The molecule has 2 heteroatoms. The van der Waals surface area contributed by atoms with Crippen LogP contribution >= 0.6 is 0 Å². The highest BCUT2D eigenvalue weighted by Crippen LogP contribution is 2.60. The van der Waals surface area contributed by atoms with Crippen molar-refractivity contribution in [2.24, 2.45) is 0 Å². The maximum Gasteiger partial charge on any atom is 0.159 e. The van der Waals surface area contributed by atoms with Gasteiger partial charge in [-0.2, -0.15) is 0 Å². The van der Waals surface area contributed by atoms with Gasteiger partial charge in [-0.3, -0.25) is 0 Å². The second-order valence-electron chi connectivity index (χ2n) is 16.0. The largest absolute Gasteiger partial charge is 0.453 e. The van der Waals surface area contributed by atoms with Gasteiger partial charge in [0.05, 0.1) is 16.8 Å². The first-order chi connectivity index (χ1) is 30.3. The van der Waals surface area contributed by atoms with Crippen LogP contribution in [0.4, 0.5) is 17.1 Å². The zero-order chi connectivity index (χ0) is 40.3. The number of furan rings is 1. The van der Waals surface area contributed by atoms with Gasteiger partial charge in [-0.25, -0.2) is 0 Å². The standard InChI is InChI=1S/C59H39NO/c1-4-18-42(19-5-1)48-26-14-27-49-50-28-15-32-55(58(50)61-57(48)49)60(47-37-35-41(36-38-47)44-34-33-40-17-10-11-20-43(40)39-44)54-31-16-30-53-56(54)51-25-12-13-29-52(51)59(53,45-21-6-2-7-22-45)46-23-8-3-9-24-46/h1-39H. The van der Waals surface area contributed by atoms with E-state index in [2.05, 4.69) is 241 Å². The van der Waals surface area contributed by atoms with Gasteiger partial charge in [0.1, 0.15) is 5.58 Å². The summed E-state index contributed by atoms with van der Waals surface area (Å²) in [6, 6.07) is 85.9. The van der Waals surface area contributed by atoms with Gasteiger partial charge >= 0.3 is 0 Å². The predicted octanol–water partition coefficient (Wildman–Crippen LogP) is 15.9. The third kappa shape index (κ3) is 5.43. The van der Waals surface area contributed by atoms with Crippen LogP contribution in [-0.4, -0.2) is 0 Å². The van der Waals surface area contributed by atoms with Crippen molar-refractivity contribution in [1.82, 2.24) is 0 Å². The van der Waals surface area contributed by atoms with Crippen LogP contribution in [0.5, 0.6) is 0 Å². The molecular weight excluding hydrogens is 739 g/mol. The lowest BCUT2D eigenvalue weighted by Gasteiger charge is -2.34. The first-order valence-corrected chi connectivity index (χ1v) is 21.0. The van der Waals surface area contributed by atoms with E-state index in [1.54, 1.807) is 0 Å². The molecule has 1 aliphatic rings. The maximum atomic E-state index is 7.15. The summed E-state index contributed by atoms with van der Waals surface area (Å²) in [6.45, 7) is 0. The van der Waals surface area contributed by atoms with Crippen molar-refractivity contribution in [3.8, 4) is 33.4 Å². The molecule has 1 heterocycles. The number of para-hydroxylation sites is 2. The molecule has 0 atom stereocenters. The van der Waals surface area contributed by atoms with Gasteiger partial charge in [0.25, 0.3) is 0 Å². The van der Waals surface area contributed by atoms with Gasteiger partial charge in [-0.05, 0) is 85.6 Å².